The molecule has 0 radical (unpaired) electrons. The highest BCUT2D eigenvalue weighted by Crippen LogP contribution is 2.42. The summed E-state index contributed by atoms with van der Waals surface area (Å²) in [5.74, 6) is 0.241. The van der Waals surface area contributed by atoms with E-state index in [9.17, 15) is 4.79 Å². The highest BCUT2D eigenvalue weighted by Gasteiger charge is 2.44. The van der Waals surface area contributed by atoms with Gasteiger partial charge in [0, 0.05) is 13.0 Å². The van der Waals surface area contributed by atoms with Crippen molar-refractivity contribution in [2.75, 3.05) is 20.5 Å². The minimum atomic E-state index is -1.81. The summed E-state index contributed by atoms with van der Waals surface area (Å²) >= 11 is 0. The van der Waals surface area contributed by atoms with Gasteiger partial charge >= 0.3 is 0 Å². The summed E-state index contributed by atoms with van der Waals surface area (Å²) in [5, 5.41) is 0. The Hall–Kier alpha value is -1.01. The number of aldehydes is 1. The van der Waals surface area contributed by atoms with Crippen molar-refractivity contribution in [1.29, 1.82) is 0 Å². The van der Waals surface area contributed by atoms with Gasteiger partial charge in [-0.25, -0.2) is 0 Å². The van der Waals surface area contributed by atoms with E-state index in [1.54, 1.807) is 13.2 Å². The maximum absolute atomic E-state index is 10.6. The molecule has 4 nitrogen and oxygen atoms in total. The molecule has 0 heterocycles. The molecule has 5 heteroatoms. The molecular formula is C25H46O4Si. The fourth-order valence-electron chi connectivity index (χ4n) is 4.41. The lowest BCUT2D eigenvalue weighted by Crippen LogP contribution is -2.47. The Balaban J connectivity index is 4.85. The second-order valence-corrected chi connectivity index (χ2v) is 14.6. The average molecular weight is 439 g/mol. The van der Waals surface area contributed by atoms with Crippen molar-refractivity contribution in [2.45, 2.75) is 91.0 Å². The van der Waals surface area contributed by atoms with E-state index in [1.165, 1.54) is 0 Å². The van der Waals surface area contributed by atoms with E-state index in [0.29, 0.717) is 23.2 Å². The molecule has 0 unspecified atom stereocenters. The van der Waals surface area contributed by atoms with Gasteiger partial charge < -0.3 is 13.9 Å². The summed E-state index contributed by atoms with van der Waals surface area (Å²) in [6.07, 6.45) is 12.6. The lowest BCUT2D eigenvalue weighted by molar-refractivity contribution is -0.104. The van der Waals surface area contributed by atoms with Crippen LogP contribution in [0, 0.1) is 5.92 Å². The first-order valence-electron chi connectivity index (χ1n) is 11.3. The topological polar surface area (TPSA) is 44.8 Å². The summed E-state index contributed by atoms with van der Waals surface area (Å²) in [6.45, 7) is 18.9. The number of carbonyl (C=O) groups excluding carboxylic acids is 1. The van der Waals surface area contributed by atoms with E-state index in [2.05, 4.69) is 72.8 Å². The Morgan fingerprint density at radius 3 is 2.07 bits per heavy atom. The first kappa shape index (κ1) is 29.0. The van der Waals surface area contributed by atoms with Crippen molar-refractivity contribution < 1.29 is 18.7 Å². The van der Waals surface area contributed by atoms with Crippen LogP contribution >= 0.6 is 0 Å². The Bertz CT molecular complexity index is 528. The van der Waals surface area contributed by atoms with Crippen LogP contribution in [-0.4, -0.2) is 41.2 Å². The largest absolute Gasteiger partial charge is 0.412 e. The molecule has 0 aliphatic carbocycles. The lowest BCUT2D eigenvalue weighted by Gasteiger charge is -2.41. The molecule has 0 saturated carbocycles. The summed E-state index contributed by atoms with van der Waals surface area (Å²) in [6, 6.07) is 0. The summed E-state index contributed by atoms with van der Waals surface area (Å²) in [5.41, 5.74) is 2.85. The zero-order valence-corrected chi connectivity index (χ0v) is 21.8. The van der Waals surface area contributed by atoms with Gasteiger partial charge in [-0.3, -0.25) is 4.79 Å². The minimum absolute atomic E-state index is 0.0451. The first-order chi connectivity index (χ1) is 14.1. The highest BCUT2D eigenvalue weighted by atomic mass is 28.4. The van der Waals surface area contributed by atoms with Crippen LogP contribution in [0.5, 0.6) is 0 Å². The van der Waals surface area contributed by atoms with Crippen LogP contribution in [-0.2, 0) is 18.7 Å². The molecular weight excluding hydrogens is 392 g/mol. The molecule has 0 bridgehead atoms. The highest BCUT2D eigenvalue weighted by molar-refractivity contribution is 6.77. The Morgan fingerprint density at radius 1 is 0.967 bits per heavy atom. The third-order valence-electron chi connectivity index (χ3n) is 5.96. The number of methoxy groups -OCH3 is 1. The number of carbonyl (C=O) groups is 1. The maximum atomic E-state index is 10.6. The first-order valence-corrected chi connectivity index (χ1v) is 13.5. The summed E-state index contributed by atoms with van der Waals surface area (Å²) < 4.78 is 17.5. The zero-order chi connectivity index (χ0) is 23.2. The molecule has 0 aromatic heterocycles. The fraction of sp³-hybridized carbons (Fsp3) is 0.720. The standard InChI is InChI=1S/C25H46O4Si/c1-20(2)30(21(3)4,22(5)6)29-18-12-10-11-13-24(8)25(28-19-27-9)15-14-23(7)16-17-26/h10-13,16-17,20-22,24-25H,14-15,18-19H2,1-9H3/b12-10-,13-11+,23-16-/t24-,25-/m1/s1. The molecule has 0 N–H and O–H groups in total. The molecule has 0 aliphatic rings. The minimum Gasteiger partial charge on any atom is -0.412 e. The van der Waals surface area contributed by atoms with Gasteiger partial charge in [0.1, 0.15) is 13.1 Å². The van der Waals surface area contributed by atoms with Gasteiger partial charge in [0.2, 0.25) is 8.32 Å². The second-order valence-electron chi connectivity index (χ2n) is 9.10. The SMILES string of the molecule is COCO[C@H](CC/C(C)=C\C=O)[C@H](C)/C=C/C=C\CO[Si](C(C)C)(C(C)C)C(C)C. The van der Waals surface area contributed by atoms with Crippen molar-refractivity contribution >= 4 is 14.6 Å². The number of allylic oxidation sites excluding steroid dienone is 4. The molecule has 30 heavy (non-hydrogen) atoms. The van der Waals surface area contributed by atoms with Crippen LogP contribution in [0.15, 0.2) is 36.0 Å². The molecule has 174 valence electrons. The molecule has 0 aromatic rings. The normalized spacial score (nSPS) is 15.8. The Labute approximate surface area is 186 Å². The lowest BCUT2D eigenvalue weighted by atomic mass is 9.97. The summed E-state index contributed by atoms with van der Waals surface area (Å²) in [7, 11) is -0.179. The van der Waals surface area contributed by atoms with Crippen LogP contribution in [0.25, 0.3) is 0 Å². The van der Waals surface area contributed by atoms with Gasteiger partial charge in [0.05, 0.1) is 12.7 Å². The van der Waals surface area contributed by atoms with Crippen LogP contribution in [0.4, 0.5) is 0 Å². The Morgan fingerprint density at radius 2 is 1.57 bits per heavy atom. The molecule has 0 amide bonds. The third-order valence-corrected chi connectivity index (χ3v) is 12.0. The van der Waals surface area contributed by atoms with Crippen LogP contribution in [0.2, 0.25) is 16.6 Å². The predicted molar refractivity (Wildman–Crippen MR) is 130 cm³/mol. The molecule has 0 spiro atoms. The third kappa shape index (κ3) is 9.86. The van der Waals surface area contributed by atoms with Crippen molar-refractivity contribution in [2.24, 2.45) is 5.92 Å². The average Bonchev–Trinajstić information content (AvgIpc) is 2.66. The van der Waals surface area contributed by atoms with E-state index >= 15 is 0 Å². The summed E-state index contributed by atoms with van der Waals surface area (Å²) in [4.78, 5) is 10.6. The molecule has 0 rings (SSSR count). The maximum Gasteiger partial charge on any atom is 0.200 e. The van der Waals surface area contributed by atoms with Gasteiger partial charge in [-0.05, 0) is 42.5 Å². The smallest absolute Gasteiger partial charge is 0.200 e. The van der Waals surface area contributed by atoms with Crippen molar-refractivity contribution in [3.8, 4) is 0 Å². The number of rotatable bonds is 16. The van der Waals surface area contributed by atoms with E-state index in [0.717, 1.165) is 24.7 Å². The van der Waals surface area contributed by atoms with Gasteiger partial charge in [0.25, 0.3) is 0 Å². The monoisotopic (exact) mass is 438 g/mol. The van der Waals surface area contributed by atoms with Gasteiger partial charge in [-0.1, -0.05) is 78.3 Å². The van der Waals surface area contributed by atoms with E-state index in [4.69, 9.17) is 13.9 Å². The van der Waals surface area contributed by atoms with Gasteiger partial charge in [-0.2, -0.15) is 0 Å². The number of ether oxygens (including phenoxy) is 2. The quantitative estimate of drug-likeness (QED) is 0.0869. The van der Waals surface area contributed by atoms with E-state index in [-0.39, 0.29) is 18.8 Å². The number of hydrogen-bond donors (Lipinski definition) is 0. The van der Waals surface area contributed by atoms with Crippen molar-refractivity contribution in [3.05, 3.63) is 36.0 Å². The molecule has 0 aromatic carbocycles. The van der Waals surface area contributed by atoms with Gasteiger partial charge in [-0.15, -0.1) is 0 Å². The molecule has 0 saturated heterocycles. The molecule has 2 atom stereocenters. The van der Waals surface area contributed by atoms with Crippen molar-refractivity contribution in [1.82, 2.24) is 0 Å². The van der Waals surface area contributed by atoms with Crippen LogP contribution in [0.1, 0.15) is 68.2 Å². The van der Waals surface area contributed by atoms with E-state index < -0.39 is 8.32 Å². The van der Waals surface area contributed by atoms with Crippen molar-refractivity contribution in [3.63, 3.8) is 0 Å². The zero-order valence-electron chi connectivity index (χ0n) is 20.8. The van der Waals surface area contributed by atoms with Crippen LogP contribution in [0.3, 0.4) is 0 Å². The Kier molecular flexibility index (Phi) is 15.2. The fourth-order valence-corrected chi connectivity index (χ4v) is 9.80. The number of hydrogen-bond acceptors (Lipinski definition) is 4. The van der Waals surface area contributed by atoms with Crippen LogP contribution < -0.4 is 0 Å². The predicted octanol–water partition coefficient (Wildman–Crippen LogP) is 6.84. The van der Waals surface area contributed by atoms with E-state index in [1.807, 2.05) is 6.92 Å². The molecule has 0 fully saturated rings. The molecule has 0 aliphatic heterocycles. The second kappa shape index (κ2) is 15.7. The van der Waals surface area contributed by atoms with Gasteiger partial charge in [0.15, 0.2) is 0 Å².